The predicted octanol–water partition coefficient (Wildman–Crippen LogP) is 3.31. The lowest BCUT2D eigenvalue weighted by Crippen LogP contribution is -2.37. The number of hydrogen-bond donors (Lipinski definition) is 1. The third kappa shape index (κ3) is 3.39. The van der Waals surface area contributed by atoms with Crippen molar-refractivity contribution in [2.75, 3.05) is 42.6 Å². The lowest BCUT2D eigenvalue weighted by molar-refractivity contribution is 0.0909. The topological polar surface area (TPSA) is 84.2 Å². The van der Waals surface area contributed by atoms with Gasteiger partial charge in [-0.2, -0.15) is 0 Å². The number of amides is 2. The highest BCUT2D eigenvalue weighted by Gasteiger charge is 2.64. The average molecular weight is 451 g/mol. The van der Waals surface area contributed by atoms with Crippen LogP contribution in [-0.4, -0.2) is 56.5 Å². The van der Waals surface area contributed by atoms with E-state index in [2.05, 4.69) is 5.32 Å². The molecular weight excluding hydrogens is 429 g/mol. The molecule has 1 saturated carbocycles. The Morgan fingerprint density at radius 2 is 1.97 bits per heavy atom. The summed E-state index contributed by atoms with van der Waals surface area (Å²) in [6.07, 6.45) is 1.39. The van der Waals surface area contributed by atoms with E-state index in [1.165, 1.54) is 17.2 Å². The first-order valence-electron chi connectivity index (χ1n) is 10.9. The molecule has 3 aromatic rings. The maximum atomic E-state index is 14.8. The maximum Gasteiger partial charge on any atom is 0.415 e. The highest BCUT2D eigenvalue weighted by atomic mass is 19.1. The second-order valence-corrected chi connectivity index (χ2v) is 8.63. The molecule has 1 aliphatic carbocycles. The van der Waals surface area contributed by atoms with E-state index in [1.807, 2.05) is 23.1 Å². The minimum atomic E-state index is -0.800. The number of para-hydroxylation sites is 1. The smallest absolute Gasteiger partial charge is 0.415 e. The van der Waals surface area contributed by atoms with Crippen molar-refractivity contribution in [1.82, 2.24) is 5.32 Å². The van der Waals surface area contributed by atoms with Crippen LogP contribution in [0, 0.1) is 5.82 Å². The SMILES string of the molecule is O=C(N[C@H]1CC12CN(c1ccc(N3CCOCC3)c(F)c1)C(=O)O2)c1coc2ccccc12. The summed E-state index contributed by atoms with van der Waals surface area (Å²) in [5, 5.41) is 3.67. The van der Waals surface area contributed by atoms with Gasteiger partial charge in [-0.1, -0.05) is 18.2 Å². The number of ether oxygens (including phenoxy) is 2. The van der Waals surface area contributed by atoms with Gasteiger partial charge in [-0.3, -0.25) is 9.69 Å². The Kier molecular flexibility index (Phi) is 4.55. The van der Waals surface area contributed by atoms with Gasteiger partial charge in [0, 0.05) is 24.9 Å². The summed E-state index contributed by atoms with van der Waals surface area (Å²) in [5.74, 6) is -0.673. The number of hydrogen-bond acceptors (Lipinski definition) is 6. The van der Waals surface area contributed by atoms with Crippen LogP contribution in [0.3, 0.4) is 0 Å². The maximum absolute atomic E-state index is 14.8. The first-order chi connectivity index (χ1) is 16.0. The normalized spacial score (nSPS) is 24.4. The van der Waals surface area contributed by atoms with Crippen LogP contribution in [0.2, 0.25) is 0 Å². The number of halogens is 1. The van der Waals surface area contributed by atoms with Gasteiger partial charge in [0.2, 0.25) is 0 Å². The van der Waals surface area contributed by atoms with E-state index < -0.39 is 17.5 Å². The number of carbonyl (C=O) groups excluding carboxylic acids is 2. The van der Waals surface area contributed by atoms with Crippen molar-refractivity contribution in [3.8, 4) is 0 Å². The van der Waals surface area contributed by atoms with Crippen LogP contribution in [0.15, 0.2) is 53.1 Å². The van der Waals surface area contributed by atoms with Crippen LogP contribution in [-0.2, 0) is 9.47 Å². The van der Waals surface area contributed by atoms with Gasteiger partial charge in [0.15, 0.2) is 5.60 Å². The summed E-state index contributed by atoms with van der Waals surface area (Å²) in [6.45, 7) is 2.62. The summed E-state index contributed by atoms with van der Waals surface area (Å²) in [6, 6.07) is 11.8. The number of rotatable bonds is 4. The van der Waals surface area contributed by atoms with E-state index in [4.69, 9.17) is 13.9 Å². The molecule has 1 N–H and O–H groups in total. The summed E-state index contributed by atoms with van der Waals surface area (Å²) >= 11 is 0. The van der Waals surface area contributed by atoms with Crippen LogP contribution < -0.4 is 15.1 Å². The zero-order valence-electron chi connectivity index (χ0n) is 17.8. The molecule has 1 spiro atoms. The fraction of sp³-hybridized carbons (Fsp3) is 0.333. The fourth-order valence-corrected chi connectivity index (χ4v) is 4.66. The van der Waals surface area contributed by atoms with Crippen molar-refractivity contribution in [3.63, 3.8) is 0 Å². The van der Waals surface area contributed by atoms with Crippen molar-refractivity contribution < 1.29 is 27.9 Å². The monoisotopic (exact) mass is 451 g/mol. The molecule has 0 radical (unpaired) electrons. The van der Waals surface area contributed by atoms with E-state index >= 15 is 0 Å². The Morgan fingerprint density at radius 3 is 2.79 bits per heavy atom. The molecule has 3 aliphatic rings. The van der Waals surface area contributed by atoms with E-state index in [0.717, 1.165) is 5.39 Å². The molecule has 0 bridgehead atoms. The third-order valence-corrected chi connectivity index (χ3v) is 6.59. The molecule has 2 atom stereocenters. The lowest BCUT2D eigenvalue weighted by atomic mass is 10.1. The minimum absolute atomic E-state index is 0.249. The van der Waals surface area contributed by atoms with E-state index in [9.17, 15) is 14.0 Å². The molecule has 2 amide bonds. The lowest BCUT2D eigenvalue weighted by Gasteiger charge is -2.29. The number of fused-ring (bicyclic) bond motifs is 1. The number of anilines is 2. The van der Waals surface area contributed by atoms with Gasteiger partial charge in [-0.25, -0.2) is 9.18 Å². The quantitative estimate of drug-likeness (QED) is 0.655. The molecule has 2 saturated heterocycles. The van der Waals surface area contributed by atoms with Crippen LogP contribution in [0.1, 0.15) is 16.8 Å². The van der Waals surface area contributed by atoms with Gasteiger partial charge < -0.3 is 24.1 Å². The van der Waals surface area contributed by atoms with Crippen molar-refractivity contribution >= 4 is 34.3 Å². The molecule has 2 aliphatic heterocycles. The number of morpholine rings is 1. The molecule has 170 valence electrons. The van der Waals surface area contributed by atoms with E-state index in [0.29, 0.717) is 55.2 Å². The fourth-order valence-electron chi connectivity index (χ4n) is 4.66. The summed E-state index contributed by atoms with van der Waals surface area (Å²) in [7, 11) is 0. The summed E-state index contributed by atoms with van der Waals surface area (Å²) in [5.41, 5.74) is 1.20. The average Bonchev–Trinajstić information content (AvgIpc) is 3.15. The highest BCUT2D eigenvalue weighted by Crippen LogP contribution is 2.46. The summed E-state index contributed by atoms with van der Waals surface area (Å²) in [4.78, 5) is 28.7. The van der Waals surface area contributed by atoms with Crippen LogP contribution in [0.4, 0.5) is 20.6 Å². The van der Waals surface area contributed by atoms with Crippen LogP contribution in [0.25, 0.3) is 11.0 Å². The zero-order valence-corrected chi connectivity index (χ0v) is 17.8. The molecule has 9 heteroatoms. The van der Waals surface area contributed by atoms with Gasteiger partial charge in [-0.05, 0) is 24.3 Å². The Hall–Kier alpha value is -3.59. The van der Waals surface area contributed by atoms with Crippen LogP contribution in [0.5, 0.6) is 0 Å². The number of furan rings is 1. The first kappa shape index (κ1) is 20.0. The predicted molar refractivity (Wildman–Crippen MR) is 118 cm³/mol. The van der Waals surface area contributed by atoms with Crippen molar-refractivity contribution in [1.29, 1.82) is 0 Å². The van der Waals surface area contributed by atoms with Crippen molar-refractivity contribution in [2.45, 2.75) is 18.1 Å². The zero-order chi connectivity index (χ0) is 22.6. The third-order valence-electron chi connectivity index (χ3n) is 6.59. The Bertz CT molecular complexity index is 1250. The molecule has 33 heavy (non-hydrogen) atoms. The van der Waals surface area contributed by atoms with E-state index in [1.54, 1.807) is 18.2 Å². The summed E-state index contributed by atoms with van der Waals surface area (Å²) < 4.78 is 31.2. The van der Waals surface area contributed by atoms with Gasteiger partial charge in [-0.15, -0.1) is 0 Å². The first-order valence-corrected chi connectivity index (χ1v) is 10.9. The molecule has 8 nitrogen and oxygen atoms in total. The van der Waals surface area contributed by atoms with Crippen molar-refractivity contribution in [2.24, 2.45) is 0 Å². The molecule has 3 heterocycles. The van der Waals surface area contributed by atoms with Gasteiger partial charge >= 0.3 is 6.09 Å². The van der Waals surface area contributed by atoms with Gasteiger partial charge in [0.1, 0.15) is 17.7 Å². The number of carbonyl (C=O) groups is 2. The Morgan fingerprint density at radius 1 is 1.15 bits per heavy atom. The number of benzene rings is 2. The second-order valence-electron chi connectivity index (χ2n) is 8.63. The highest BCUT2D eigenvalue weighted by molar-refractivity contribution is 6.06. The molecule has 1 unspecified atom stereocenters. The Balaban J connectivity index is 1.15. The standard InChI is InChI=1S/C24H22FN3O5/c25-18-11-15(5-6-19(18)27-7-9-31-10-8-27)28-14-24(33-23(28)30)12-21(24)26-22(29)17-13-32-20-4-2-1-3-16(17)20/h1-6,11,13,21H,7-10,12,14H2,(H,26,29)/t21-,24?/m0/s1. The molecular formula is C24H22FN3O5. The number of nitrogens with one attached hydrogen (secondary N) is 1. The Labute approximate surface area is 188 Å². The number of nitrogens with zero attached hydrogens (tertiary/aromatic N) is 2. The minimum Gasteiger partial charge on any atom is -0.463 e. The molecule has 1 aromatic heterocycles. The molecule has 2 aromatic carbocycles. The molecule has 3 fully saturated rings. The largest absolute Gasteiger partial charge is 0.463 e. The second kappa shape index (κ2) is 7.48. The van der Waals surface area contributed by atoms with Gasteiger partial charge in [0.25, 0.3) is 5.91 Å². The molecule has 6 rings (SSSR count). The van der Waals surface area contributed by atoms with Crippen LogP contribution >= 0.6 is 0 Å². The van der Waals surface area contributed by atoms with Gasteiger partial charge in [0.05, 0.1) is 42.7 Å². The van der Waals surface area contributed by atoms with E-state index in [-0.39, 0.29) is 18.5 Å². The van der Waals surface area contributed by atoms with Crippen molar-refractivity contribution in [3.05, 3.63) is 60.1 Å².